The van der Waals surface area contributed by atoms with Crippen LogP contribution in [0.15, 0.2) is 6.20 Å². The zero-order valence-corrected chi connectivity index (χ0v) is 9.50. The number of rotatable bonds is 7. The maximum absolute atomic E-state index is 12.0. The molecule has 0 aliphatic rings. The van der Waals surface area contributed by atoms with E-state index < -0.39 is 0 Å². The molecule has 1 aromatic heterocycles. The molecule has 0 radical (unpaired) electrons. The van der Waals surface area contributed by atoms with Gasteiger partial charge in [0.15, 0.2) is 5.75 Å². The van der Waals surface area contributed by atoms with Crippen molar-refractivity contribution >= 4 is 0 Å². The zero-order chi connectivity index (χ0) is 11.1. The van der Waals surface area contributed by atoms with Crippen LogP contribution in [-0.2, 0) is 6.54 Å². The smallest absolute Gasteiger partial charge is 0.160 e. The summed E-state index contributed by atoms with van der Waals surface area (Å²) in [6, 6.07) is 0. The van der Waals surface area contributed by atoms with Gasteiger partial charge in [-0.2, -0.15) is 5.10 Å². The Morgan fingerprint density at radius 3 is 2.93 bits per heavy atom. The first-order chi connectivity index (χ1) is 7.29. The van der Waals surface area contributed by atoms with Gasteiger partial charge in [0.2, 0.25) is 0 Å². The molecule has 0 amide bonds. The van der Waals surface area contributed by atoms with Gasteiger partial charge in [0, 0.05) is 6.54 Å². The summed E-state index contributed by atoms with van der Waals surface area (Å²) in [7, 11) is 0. The second kappa shape index (κ2) is 6.43. The lowest BCUT2D eigenvalue weighted by atomic mass is 10.3. The van der Waals surface area contributed by atoms with E-state index in [1.807, 2.05) is 6.92 Å². The van der Waals surface area contributed by atoms with E-state index >= 15 is 0 Å². The summed E-state index contributed by atoms with van der Waals surface area (Å²) in [4.78, 5) is 0. The van der Waals surface area contributed by atoms with Crippen LogP contribution in [0.4, 0.5) is 4.39 Å². The Hall–Kier alpha value is -1.06. The summed E-state index contributed by atoms with van der Waals surface area (Å²) in [5, 5.41) is 4.16. The van der Waals surface area contributed by atoms with Gasteiger partial charge in [-0.05, 0) is 19.8 Å². The highest BCUT2D eigenvalue weighted by Gasteiger charge is 2.06. The molecule has 0 bridgehead atoms. The average Bonchev–Trinajstić information content (AvgIpc) is 2.58. The van der Waals surface area contributed by atoms with Gasteiger partial charge in [-0.1, -0.05) is 13.3 Å². The minimum Gasteiger partial charge on any atom is -0.490 e. The number of hydrogen-bond acceptors (Lipinski definition) is 2. The molecular weight excluding hydrogens is 195 g/mol. The second-order valence-corrected chi connectivity index (χ2v) is 3.56. The van der Waals surface area contributed by atoms with Gasteiger partial charge < -0.3 is 4.74 Å². The Kier molecular flexibility index (Phi) is 5.15. The molecule has 3 nitrogen and oxygen atoms in total. The van der Waals surface area contributed by atoms with Crippen LogP contribution in [0.5, 0.6) is 5.75 Å². The van der Waals surface area contributed by atoms with Crippen molar-refractivity contribution in [2.24, 2.45) is 0 Å². The third kappa shape index (κ3) is 3.53. The van der Waals surface area contributed by atoms with E-state index in [0.717, 1.165) is 30.9 Å². The Balaban J connectivity index is 2.47. The normalized spacial score (nSPS) is 10.6. The van der Waals surface area contributed by atoms with Crippen LogP contribution < -0.4 is 4.74 Å². The van der Waals surface area contributed by atoms with Crippen LogP contribution in [0, 0.1) is 6.92 Å². The highest BCUT2D eigenvalue weighted by atomic mass is 19.1. The molecule has 0 saturated heterocycles. The van der Waals surface area contributed by atoms with Gasteiger partial charge in [0.1, 0.15) is 0 Å². The topological polar surface area (TPSA) is 27.1 Å². The number of alkyl halides is 1. The standard InChI is InChI=1S/C11H19FN2O/c1-3-4-8-15-11-9-13-14(10(11)2)7-5-6-12/h9H,3-8H2,1-2H3. The number of halogens is 1. The molecule has 15 heavy (non-hydrogen) atoms. The minimum absolute atomic E-state index is 0.300. The molecule has 0 spiro atoms. The highest BCUT2D eigenvalue weighted by Crippen LogP contribution is 2.17. The lowest BCUT2D eigenvalue weighted by molar-refractivity contribution is 0.306. The number of hydrogen-bond donors (Lipinski definition) is 0. The zero-order valence-electron chi connectivity index (χ0n) is 9.50. The Morgan fingerprint density at radius 2 is 2.27 bits per heavy atom. The molecule has 0 saturated carbocycles. The molecule has 0 fully saturated rings. The fourth-order valence-electron chi connectivity index (χ4n) is 1.33. The predicted molar refractivity (Wildman–Crippen MR) is 58.0 cm³/mol. The molecule has 0 unspecified atom stereocenters. The monoisotopic (exact) mass is 214 g/mol. The first kappa shape index (κ1) is 12.0. The van der Waals surface area contributed by atoms with E-state index in [9.17, 15) is 4.39 Å². The molecule has 0 aliphatic heterocycles. The molecule has 0 N–H and O–H groups in total. The van der Waals surface area contributed by atoms with Crippen LogP contribution in [0.1, 0.15) is 31.9 Å². The predicted octanol–water partition coefficient (Wildman–Crippen LogP) is 2.73. The van der Waals surface area contributed by atoms with E-state index in [1.165, 1.54) is 0 Å². The molecule has 0 aromatic carbocycles. The number of aryl methyl sites for hydroxylation is 1. The number of aromatic nitrogens is 2. The Bertz CT molecular complexity index is 286. The van der Waals surface area contributed by atoms with Crippen LogP contribution >= 0.6 is 0 Å². The molecule has 1 aromatic rings. The quantitative estimate of drug-likeness (QED) is 0.652. The van der Waals surface area contributed by atoms with Crippen LogP contribution in [-0.4, -0.2) is 23.1 Å². The summed E-state index contributed by atoms with van der Waals surface area (Å²) >= 11 is 0. The fraction of sp³-hybridized carbons (Fsp3) is 0.727. The molecule has 4 heteroatoms. The summed E-state index contributed by atoms with van der Waals surface area (Å²) in [5.41, 5.74) is 0.986. The summed E-state index contributed by atoms with van der Waals surface area (Å²) < 4.78 is 19.3. The van der Waals surface area contributed by atoms with Crippen LogP contribution in [0.3, 0.4) is 0 Å². The van der Waals surface area contributed by atoms with Gasteiger partial charge in [-0.25, -0.2) is 0 Å². The largest absolute Gasteiger partial charge is 0.490 e. The fourth-order valence-corrected chi connectivity index (χ4v) is 1.33. The second-order valence-electron chi connectivity index (χ2n) is 3.56. The Morgan fingerprint density at radius 1 is 1.47 bits per heavy atom. The number of nitrogens with zero attached hydrogens (tertiary/aromatic N) is 2. The average molecular weight is 214 g/mol. The van der Waals surface area contributed by atoms with Gasteiger partial charge in [0.05, 0.1) is 25.2 Å². The maximum Gasteiger partial charge on any atom is 0.160 e. The van der Waals surface area contributed by atoms with Crippen LogP contribution in [0.2, 0.25) is 0 Å². The lowest BCUT2D eigenvalue weighted by Gasteiger charge is -2.05. The van der Waals surface area contributed by atoms with E-state index in [1.54, 1.807) is 10.9 Å². The van der Waals surface area contributed by atoms with Crippen molar-refractivity contribution in [3.8, 4) is 5.75 Å². The molecule has 1 rings (SSSR count). The Labute approximate surface area is 90.2 Å². The molecule has 0 aliphatic carbocycles. The third-order valence-corrected chi connectivity index (χ3v) is 2.32. The van der Waals surface area contributed by atoms with E-state index in [4.69, 9.17) is 4.74 Å². The lowest BCUT2D eigenvalue weighted by Crippen LogP contribution is -2.04. The van der Waals surface area contributed by atoms with Crippen molar-refractivity contribution in [1.82, 2.24) is 9.78 Å². The molecule has 86 valence electrons. The maximum atomic E-state index is 12.0. The first-order valence-electron chi connectivity index (χ1n) is 5.50. The SMILES string of the molecule is CCCCOc1cnn(CCCF)c1C. The number of unbranched alkanes of at least 4 members (excludes halogenated alkanes) is 1. The van der Waals surface area contributed by atoms with Crippen molar-refractivity contribution in [3.05, 3.63) is 11.9 Å². The summed E-state index contributed by atoms with van der Waals surface area (Å²) in [6.45, 7) is 5.13. The van der Waals surface area contributed by atoms with Crippen LogP contribution in [0.25, 0.3) is 0 Å². The third-order valence-electron chi connectivity index (χ3n) is 2.32. The molecular formula is C11H19FN2O. The minimum atomic E-state index is -0.300. The molecule has 1 heterocycles. The van der Waals surface area contributed by atoms with E-state index in [2.05, 4.69) is 12.0 Å². The van der Waals surface area contributed by atoms with Crippen molar-refractivity contribution in [3.63, 3.8) is 0 Å². The number of ether oxygens (including phenoxy) is 1. The van der Waals surface area contributed by atoms with Crippen molar-refractivity contribution in [2.45, 2.75) is 39.7 Å². The van der Waals surface area contributed by atoms with Gasteiger partial charge in [0.25, 0.3) is 0 Å². The van der Waals surface area contributed by atoms with Crippen molar-refractivity contribution in [1.29, 1.82) is 0 Å². The van der Waals surface area contributed by atoms with E-state index in [0.29, 0.717) is 13.0 Å². The first-order valence-corrected chi connectivity index (χ1v) is 5.50. The highest BCUT2D eigenvalue weighted by molar-refractivity contribution is 5.23. The summed E-state index contributed by atoms with van der Waals surface area (Å²) in [6.07, 6.45) is 4.39. The molecule has 0 atom stereocenters. The van der Waals surface area contributed by atoms with Gasteiger partial charge >= 0.3 is 0 Å². The van der Waals surface area contributed by atoms with E-state index in [-0.39, 0.29) is 6.67 Å². The van der Waals surface area contributed by atoms with Crippen molar-refractivity contribution < 1.29 is 9.13 Å². The summed E-state index contributed by atoms with van der Waals surface area (Å²) in [5.74, 6) is 0.822. The van der Waals surface area contributed by atoms with Gasteiger partial charge in [-0.3, -0.25) is 9.07 Å². The van der Waals surface area contributed by atoms with Crippen molar-refractivity contribution in [2.75, 3.05) is 13.3 Å². The van der Waals surface area contributed by atoms with Gasteiger partial charge in [-0.15, -0.1) is 0 Å².